The largest absolute Gasteiger partial charge is 0.334 e. The van der Waals surface area contributed by atoms with Crippen molar-refractivity contribution in [1.29, 1.82) is 0 Å². The molecule has 0 bridgehead atoms. The Bertz CT molecular complexity index is 1270. The molecule has 134 valence electrons. The van der Waals surface area contributed by atoms with Gasteiger partial charge in [0.15, 0.2) is 5.82 Å². The summed E-state index contributed by atoms with van der Waals surface area (Å²) in [5.74, 6) is 0.691. The van der Waals surface area contributed by atoms with E-state index in [9.17, 15) is 8.42 Å². The van der Waals surface area contributed by atoms with Gasteiger partial charge in [0, 0.05) is 10.9 Å². The van der Waals surface area contributed by atoms with Crippen molar-refractivity contribution in [3.05, 3.63) is 72.1 Å². The molecule has 0 fully saturated rings. The summed E-state index contributed by atoms with van der Waals surface area (Å²) in [7, 11) is -3.65. The van der Waals surface area contributed by atoms with E-state index in [1.807, 2.05) is 49.4 Å². The summed E-state index contributed by atoms with van der Waals surface area (Å²) in [6, 6.07) is 18.6. The minimum absolute atomic E-state index is 0.0193. The van der Waals surface area contributed by atoms with Crippen molar-refractivity contribution in [3.63, 3.8) is 0 Å². The minimum Gasteiger partial charge on any atom is -0.334 e. The van der Waals surface area contributed by atoms with Crippen molar-refractivity contribution >= 4 is 26.5 Å². The Morgan fingerprint density at radius 3 is 2.52 bits per heavy atom. The molecule has 0 spiro atoms. The van der Waals surface area contributed by atoms with Crippen LogP contribution in [0.1, 0.15) is 11.4 Å². The van der Waals surface area contributed by atoms with E-state index >= 15 is 0 Å². The van der Waals surface area contributed by atoms with Gasteiger partial charge in [0.1, 0.15) is 0 Å². The van der Waals surface area contributed by atoms with Crippen LogP contribution in [0.2, 0.25) is 0 Å². The van der Waals surface area contributed by atoms with Crippen LogP contribution < -0.4 is 4.31 Å². The standard InChI is InChI=1S/C20H15N3O3S/c1-13-8-10-15(11-9-13)20-21-18(22-26-20)12-23-16-6-2-4-14-5-3-7-17(19(14)16)27(23,24)25/h2-11H,12H2,1H3. The fourth-order valence-electron chi connectivity index (χ4n) is 3.39. The van der Waals surface area contributed by atoms with E-state index in [1.165, 1.54) is 4.31 Å². The molecule has 4 aromatic rings. The van der Waals surface area contributed by atoms with Crippen LogP contribution in [0.4, 0.5) is 5.69 Å². The average molecular weight is 377 g/mol. The van der Waals surface area contributed by atoms with E-state index < -0.39 is 10.0 Å². The quantitative estimate of drug-likeness (QED) is 0.541. The molecule has 0 N–H and O–H groups in total. The summed E-state index contributed by atoms with van der Waals surface area (Å²) in [5.41, 5.74) is 2.58. The molecule has 1 aromatic heterocycles. The van der Waals surface area contributed by atoms with E-state index in [0.717, 1.165) is 21.9 Å². The van der Waals surface area contributed by atoms with Crippen LogP contribution in [0.3, 0.4) is 0 Å². The number of aromatic nitrogens is 2. The summed E-state index contributed by atoms with van der Waals surface area (Å²) >= 11 is 0. The highest BCUT2D eigenvalue weighted by atomic mass is 32.2. The Kier molecular flexibility index (Phi) is 3.35. The molecule has 3 aromatic carbocycles. The monoisotopic (exact) mass is 377 g/mol. The maximum absolute atomic E-state index is 13.0. The van der Waals surface area contributed by atoms with Gasteiger partial charge in [-0.05, 0) is 36.6 Å². The number of hydrogen-bond acceptors (Lipinski definition) is 5. The number of hydrogen-bond donors (Lipinski definition) is 0. The van der Waals surface area contributed by atoms with E-state index in [2.05, 4.69) is 10.1 Å². The summed E-state index contributed by atoms with van der Waals surface area (Å²) in [4.78, 5) is 4.70. The lowest BCUT2D eigenvalue weighted by atomic mass is 10.1. The SMILES string of the molecule is Cc1ccc(-c2nc(CN3c4cccc5cccc(c45)S3(=O)=O)no2)cc1. The molecule has 1 aliphatic rings. The molecular formula is C20H15N3O3S. The topological polar surface area (TPSA) is 76.3 Å². The molecule has 0 radical (unpaired) electrons. The number of benzene rings is 3. The zero-order valence-corrected chi connectivity index (χ0v) is 15.3. The number of aryl methyl sites for hydroxylation is 1. The van der Waals surface area contributed by atoms with Gasteiger partial charge in [-0.3, -0.25) is 4.31 Å². The predicted molar refractivity (Wildman–Crippen MR) is 102 cm³/mol. The summed E-state index contributed by atoms with van der Waals surface area (Å²) in [5, 5.41) is 5.61. The van der Waals surface area contributed by atoms with Crippen LogP contribution in [-0.2, 0) is 16.6 Å². The second-order valence-electron chi connectivity index (χ2n) is 6.52. The minimum atomic E-state index is -3.65. The van der Waals surface area contributed by atoms with Gasteiger partial charge < -0.3 is 4.52 Å². The third kappa shape index (κ3) is 2.43. The molecule has 1 aliphatic heterocycles. The second-order valence-corrected chi connectivity index (χ2v) is 8.36. The van der Waals surface area contributed by atoms with Gasteiger partial charge >= 0.3 is 0 Å². The summed E-state index contributed by atoms with van der Waals surface area (Å²) in [6.45, 7) is 2.02. The van der Waals surface area contributed by atoms with Gasteiger partial charge in [0.2, 0.25) is 0 Å². The van der Waals surface area contributed by atoms with Crippen LogP contribution in [0.15, 0.2) is 70.1 Å². The van der Waals surface area contributed by atoms with Crippen LogP contribution >= 0.6 is 0 Å². The van der Waals surface area contributed by atoms with Gasteiger partial charge in [-0.15, -0.1) is 0 Å². The van der Waals surface area contributed by atoms with E-state index in [-0.39, 0.29) is 6.54 Å². The van der Waals surface area contributed by atoms with Crippen molar-refractivity contribution in [3.8, 4) is 11.5 Å². The first-order chi connectivity index (χ1) is 13.0. The first kappa shape index (κ1) is 16.0. The van der Waals surface area contributed by atoms with E-state index in [1.54, 1.807) is 18.2 Å². The fourth-order valence-corrected chi connectivity index (χ4v) is 5.05. The van der Waals surface area contributed by atoms with Gasteiger partial charge in [0.25, 0.3) is 15.9 Å². The summed E-state index contributed by atoms with van der Waals surface area (Å²) in [6.07, 6.45) is 0. The molecule has 0 atom stereocenters. The number of rotatable bonds is 3. The molecule has 0 amide bonds. The molecule has 6 nitrogen and oxygen atoms in total. The molecule has 0 saturated carbocycles. The smallest absolute Gasteiger partial charge is 0.265 e. The molecule has 7 heteroatoms. The van der Waals surface area contributed by atoms with Gasteiger partial charge in [-0.1, -0.05) is 47.1 Å². The van der Waals surface area contributed by atoms with Crippen LogP contribution in [0.5, 0.6) is 0 Å². The van der Waals surface area contributed by atoms with Crippen LogP contribution in [0.25, 0.3) is 22.2 Å². The molecule has 0 unspecified atom stereocenters. The lowest BCUT2D eigenvalue weighted by Crippen LogP contribution is -2.27. The highest BCUT2D eigenvalue weighted by Gasteiger charge is 2.36. The molecule has 0 saturated heterocycles. The molecular weight excluding hydrogens is 362 g/mol. The van der Waals surface area contributed by atoms with E-state index in [0.29, 0.717) is 22.3 Å². The first-order valence-electron chi connectivity index (χ1n) is 8.48. The highest BCUT2D eigenvalue weighted by molar-refractivity contribution is 7.93. The van der Waals surface area contributed by atoms with Crippen molar-refractivity contribution in [2.75, 3.05) is 4.31 Å². The lowest BCUT2D eigenvalue weighted by molar-refractivity contribution is 0.423. The van der Waals surface area contributed by atoms with Crippen molar-refractivity contribution in [1.82, 2.24) is 10.1 Å². The van der Waals surface area contributed by atoms with Crippen LogP contribution in [-0.4, -0.2) is 18.6 Å². The Balaban J connectivity index is 1.54. The van der Waals surface area contributed by atoms with Gasteiger partial charge in [-0.25, -0.2) is 8.42 Å². The van der Waals surface area contributed by atoms with Crippen molar-refractivity contribution in [2.24, 2.45) is 0 Å². The molecule has 0 aliphatic carbocycles. The average Bonchev–Trinajstić information content (AvgIpc) is 3.21. The molecule has 5 rings (SSSR count). The zero-order chi connectivity index (χ0) is 18.6. The second kappa shape index (κ2) is 5.65. The fraction of sp³-hybridized carbons (Fsp3) is 0.100. The lowest BCUT2D eigenvalue weighted by Gasteiger charge is -2.16. The third-order valence-corrected chi connectivity index (χ3v) is 6.53. The molecule has 27 heavy (non-hydrogen) atoms. The normalized spacial score (nSPS) is 14.8. The molecule has 2 heterocycles. The number of nitrogens with zero attached hydrogens (tertiary/aromatic N) is 3. The maximum atomic E-state index is 13.0. The van der Waals surface area contributed by atoms with E-state index in [4.69, 9.17) is 4.52 Å². The van der Waals surface area contributed by atoms with Crippen LogP contribution in [0, 0.1) is 6.92 Å². The predicted octanol–water partition coefficient (Wildman–Crippen LogP) is 3.91. The number of anilines is 1. The van der Waals surface area contributed by atoms with Gasteiger partial charge in [-0.2, -0.15) is 4.98 Å². The third-order valence-electron chi connectivity index (χ3n) is 4.73. The zero-order valence-electron chi connectivity index (χ0n) is 14.5. The van der Waals surface area contributed by atoms with Gasteiger partial charge in [0.05, 0.1) is 17.1 Å². The maximum Gasteiger partial charge on any atom is 0.265 e. The summed E-state index contributed by atoms with van der Waals surface area (Å²) < 4.78 is 32.7. The van der Waals surface area contributed by atoms with Crippen molar-refractivity contribution < 1.29 is 12.9 Å². The first-order valence-corrected chi connectivity index (χ1v) is 9.92. The highest BCUT2D eigenvalue weighted by Crippen LogP contribution is 2.42. The Hall–Kier alpha value is -3.19. The van der Waals surface area contributed by atoms with Crippen molar-refractivity contribution in [2.45, 2.75) is 18.4 Å². The number of sulfonamides is 1. The Labute approximate surface area is 156 Å². The Morgan fingerprint density at radius 1 is 1.00 bits per heavy atom. The Morgan fingerprint density at radius 2 is 1.74 bits per heavy atom.